The van der Waals surface area contributed by atoms with Gasteiger partial charge in [0.05, 0.1) is 24.9 Å². The van der Waals surface area contributed by atoms with E-state index in [1.54, 1.807) is 16.7 Å². The Morgan fingerprint density at radius 3 is 2.62 bits per heavy atom. The van der Waals surface area contributed by atoms with Crippen molar-refractivity contribution in [2.24, 2.45) is 0 Å². The molecular formula is C22H19F2N3O2. The maximum Gasteiger partial charge on any atom is 0.310 e. The molecule has 0 saturated heterocycles. The molecule has 148 valence electrons. The van der Waals surface area contributed by atoms with Gasteiger partial charge in [-0.05, 0) is 60.2 Å². The van der Waals surface area contributed by atoms with Crippen LogP contribution in [0.5, 0.6) is 0 Å². The molecule has 1 atom stereocenters. The highest BCUT2D eigenvalue weighted by Crippen LogP contribution is 2.36. The average Bonchev–Trinajstić information content (AvgIpc) is 3.34. The van der Waals surface area contributed by atoms with Gasteiger partial charge in [0.1, 0.15) is 5.82 Å². The summed E-state index contributed by atoms with van der Waals surface area (Å²) in [5, 5.41) is 3.24. The summed E-state index contributed by atoms with van der Waals surface area (Å²) in [6, 6.07) is 9.96. The van der Waals surface area contributed by atoms with Gasteiger partial charge < -0.3 is 14.6 Å². The predicted octanol–water partition coefficient (Wildman–Crippen LogP) is 4.14. The summed E-state index contributed by atoms with van der Waals surface area (Å²) >= 11 is 0. The SMILES string of the molecule is Cc1cc2c(cc1Nc1nc(=O)c(F)c3n1C(c1ccc(F)cc1)CC3)COC2. The van der Waals surface area contributed by atoms with Gasteiger partial charge in [-0.1, -0.05) is 18.2 Å². The molecule has 1 unspecified atom stereocenters. The fourth-order valence-electron chi connectivity index (χ4n) is 4.22. The second-order valence-corrected chi connectivity index (χ2v) is 7.53. The number of nitrogens with zero attached hydrogens (tertiary/aromatic N) is 2. The van der Waals surface area contributed by atoms with Crippen LogP contribution in [0.25, 0.3) is 0 Å². The first kappa shape index (κ1) is 18.0. The first-order valence-corrected chi connectivity index (χ1v) is 9.55. The first-order chi connectivity index (χ1) is 14.0. The van der Waals surface area contributed by atoms with Crippen molar-refractivity contribution in [3.8, 4) is 0 Å². The Kier molecular flexibility index (Phi) is 4.20. The molecule has 0 amide bonds. The lowest BCUT2D eigenvalue weighted by Gasteiger charge is -2.21. The van der Waals surface area contributed by atoms with Crippen LogP contribution in [-0.4, -0.2) is 9.55 Å². The van der Waals surface area contributed by atoms with E-state index in [0.717, 1.165) is 27.9 Å². The molecule has 29 heavy (non-hydrogen) atoms. The molecule has 2 aromatic carbocycles. The summed E-state index contributed by atoms with van der Waals surface area (Å²) in [6.45, 7) is 3.09. The molecule has 0 bridgehead atoms. The molecule has 0 spiro atoms. The lowest BCUT2D eigenvalue weighted by Crippen LogP contribution is -2.23. The largest absolute Gasteiger partial charge is 0.372 e. The Morgan fingerprint density at radius 2 is 1.86 bits per heavy atom. The van der Waals surface area contributed by atoms with Crippen molar-refractivity contribution in [2.75, 3.05) is 5.32 Å². The van der Waals surface area contributed by atoms with Crippen molar-refractivity contribution in [3.05, 3.63) is 86.3 Å². The van der Waals surface area contributed by atoms with Crippen LogP contribution in [-0.2, 0) is 24.4 Å². The minimum atomic E-state index is -0.874. The fourth-order valence-corrected chi connectivity index (χ4v) is 4.22. The van der Waals surface area contributed by atoms with Gasteiger partial charge in [-0.15, -0.1) is 0 Å². The molecule has 0 radical (unpaired) electrons. The van der Waals surface area contributed by atoms with Crippen molar-refractivity contribution in [1.29, 1.82) is 0 Å². The Balaban J connectivity index is 1.61. The lowest BCUT2D eigenvalue weighted by molar-refractivity contribution is 0.134. The van der Waals surface area contributed by atoms with Gasteiger partial charge >= 0.3 is 5.56 Å². The summed E-state index contributed by atoms with van der Waals surface area (Å²) in [5.74, 6) is -0.857. The van der Waals surface area contributed by atoms with Crippen LogP contribution in [0.3, 0.4) is 0 Å². The topological polar surface area (TPSA) is 56.2 Å². The van der Waals surface area contributed by atoms with E-state index in [2.05, 4.69) is 16.4 Å². The Morgan fingerprint density at radius 1 is 1.14 bits per heavy atom. The zero-order valence-corrected chi connectivity index (χ0v) is 15.8. The zero-order chi connectivity index (χ0) is 20.1. The third kappa shape index (κ3) is 3.02. The minimum absolute atomic E-state index is 0.228. The van der Waals surface area contributed by atoms with E-state index in [1.807, 2.05) is 13.0 Å². The molecule has 1 aromatic heterocycles. The van der Waals surface area contributed by atoms with E-state index in [4.69, 9.17) is 4.74 Å². The highest BCUT2D eigenvalue weighted by atomic mass is 19.1. The van der Waals surface area contributed by atoms with Crippen LogP contribution >= 0.6 is 0 Å². The Bertz CT molecular complexity index is 1170. The van der Waals surface area contributed by atoms with E-state index in [9.17, 15) is 13.6 Å². The minimum Gasteiger partial charge on any atom is -0.372 e. The number of aromatic nitrogens is 2. The van der Waals surface area contributed by atoms with Crippen LogP contribution in [0.1, 0.15) is 40.4 Å². The van der Waals surface area contributed by atoms with E-state index in [-0.39, 0.29) is 11.9 Å². The number of aryl methyl sites for hydroxylation is 1. The van der Waals surface area contributed by atoms with Gasteiger partial charge in [-0.3, -0.25) is 4.79 Å². The molecule has 5 rings (SSSR count). The molecule has 2 aliphatic rings. The maximum absolute atomic E-state index is 14.5. The summed E-state index contributed by atoms with van der Waals surface area (Å²) in [7, 11) is 0. The highest BCUT2D eigenvalue weighted by Gasteiger charge is 2.30. The monoisotopic (exact) mass is 395 g/mol. The number of nitrogens with one attached hydrogen (secondary N) is 1. The number of benzene rings is 2. The summed E-state index contributed by atoms with van der Waals surface area (Å²) in [5.41, 5.74) is 4.30. The molecule has 2 aliphatic heterocycles. The number of rotatable bonds is 3. The zero-order valence-electron chi connectivity index (χ0n) is 15.8. The van der Waals surface area contributed by atoms with Crippen LogP contribution in [0.15, 0.2) is 41.2 Å². The third-order valence-corrected chi connectivity index (χ3v) is 5.70. The second-order valence-electron chi connectivity index (χ2n) is 7.53. The number of hydrogen-bond donors (Lipinski definition) is 1. The summed E-state index contributed by atoms with van der Waals surface area (Å²) in [6.07, 6.45) is 1.02. The van der Waals surface area contributed by atoms with E-state index >= 15 is 0 Å². The number of hydrogen-bond acceptors (Lipinski definition) is 4. The van der Waals surface area contributed by atoms with Gasteiger partial charge in [-0.25, -0.2) is 4.39 Å². The number of halogens is 2. The molecule has 0 fully saturated rings. The van der Waals surface area contributed by atoms with Gasteiger partial charge in [0.15, 0.2) is 0 Å². The summed E-state index contributed by atoms with van der Waals surface area (Å²) < 4.78 is 35.1. The average molecular weight is 395 g/mol. The molecular weight excluding hydrogens is 376 g/mol. The van der Waals surface area contributed by atoms with Crippen LogP contribution < -0.4 is 10.9 Å². The summed E-state index contributed by atoms with van der Waals surface area (Å²) in [4.78, 5) is 16.1. The lowest BCUT2D eigenvalue weighted by atomic mass is 10.0. The number of anilines is 2. The first-order valence-electron chi connectivity index (χ1n) is 9.55. The molecule has 1 N–H and O–H groups in total. The van der Waals surface area contributed by atoms with Gasteiger partial charge in [0.2, 0.25) is 11.8 Å². The quantitative estimate of drug-likeness (QED) is 0.724. The molecule has 7 heteroatoms. The highest BCUT2D eigenvalue weighted by molar-refractivity contribution is 5.62. The van der Waals surface area contributed by atoms with Crippen LogP contribution in [0.2, 0.25) is 0 Å². The number of ether oxygens (including phenoxy) is 1. The predicted molar refractivity (Wildman–Crippen MR) is 104 cm³/mol. The standard InChI is InChI=1S/C22H19F2N3O2/c1-12-8-14-10-29-11-15(14)9-17(12)25-22-26-21(28)20(24)19-7-6-18(27(19)22)13-2-4-16(23)5-3-13/h2-5,8-9,18H,6-7,10-11H2,1H3,(H,25,26,28). The van der Waals surface area contributed by atoms with Crippen molar-refractivity contribution >= 4 is 11.6 Å². The van der Waals surface area contributed by atoms with Crippen molar-refractivity contribution in [1.82, 2.24) is 9.55 Å². The van der Waals surface area contributed by atoms with Crippen molar-refractivity contribution < 1.29 is 13.5 Å². The molecule has 0 aliphatic carbocycles. The fraction of sp³-hybridized carbons (Fsp3) is 0.273. The second kappa shape index (κ2) is 6.77. The van der Waals surface area contributed by atoms with E-state index in [1.165, 1.54) is 12.1 Å². The van der Waals surface area contributed by atoms with Gasteiger partial charge in [-0.2, -0.15) is 9.37 Å². The van der Waals surface area contributed by atoms with E-state index < -0.39 is 11.4 Å². The van der Waals surface area contributed by atoms with Gasteiger partial charge in [0.25, 0.3) is 0 Å². The molecule has 0 saturated carbocycles. The van der Waals surface area contributed by atoms with E-state index in [0.29, 0.717) is 37.7 Å². The molecule has 3 heterocycles. The van der Waals surface area contributed by atoms with Crippen molar-refractivity contribution in [3.63, 3.8) is 0 Å². The normalized spacial score (nSPS) is 17.3. The molecule has 3 aromatic rings. The van der Waals surface area contributed by atoms with Gasteiger partial charge in [0, 0.05) is 5.69 Å². The Labute approximate surface area is 166 Å². The molecule has 5 nitrogen and oxygen atoms in total. The Hall–Kier alpha value is -3.06. The van der Waals surface area contributed by atoms with Crippen LogP contribution in [0.4, 0.5) is 20.4 Å². The van der Waals surface area contributed by atoms with Crippen LogP contribution in [0, 0.1) is 18.6 Å². The third-order valence-electron chi connectivity index (χ3n) is 5.70. The smallest absolute Gasteiger partial charge is 0.310 e. The maximum atomic E-state index is 14.5. The van der Waals surface area contributed by atoms with Crippen molar-refractivity contribution in [2.45, 2.75) is 39.0 Å². The number of fused-ring (bicyclic) bond motifs is 2.